The van der Waals surface area contributed by atoms with Gasteiger partial charge in [-0.05, 0) is 6.92 Å². The minimum atomic E-state index is -2.22. The second kappa shape index (κ2) is 3.48. The van der Waals surface area contributed by atoms with Crippen LogP contribution < -0.4 is 4.90 Å². The Morgan fingerprint density at radius 1 is 1.36 bits per heavy atom. The third kappa shape index (κ3) is 1.54. The summed E-state index contributed by atoms with van der Waals surface area (Å²) in [6, 6.07) is 0. The summed E-state index contributed by atoms with van der Waals surface area (Å²) in [4.78, 5) is 10.0. The van der Waals surface area contributed by atoms with Crippen LogP contribution >= 0.6 is 0 Å². The van der Waals surface area contributed by atoms with Gasteiger partial charge in [0, 0.05) is 25.5 Å². The molecular weight excluding hydrogens is 188 g/mol. The molecule has 1 aromatic rings. The van der Waals surface area contributed by atoms with Crippen molar-refractivity contribution in [2.45, 2.75) is 13.3 Å². The standard InChI is InChI=1S/C9H11F2N3/c1-6-9(13-3-2-12-6)14-4-7(5-14)8(10)11/h2-3,7-8H,4-5H2,1H3. The fraction of sp³-hybridized carbons (Fsp3) is 0.556. The first-order valence-corrected chi connectivity index (χ1v) is 4.49. The minimum absolute atomic E-state index is 0.386. The van der Waals surface area contributed by atoms with Crippen molar-refractivity contribution in [3.63, 3.8) is 0 Å². The molecule has 0 atom stereocenters. The van der Waals surface area contributed by atoms with Gasteiger partial charge < -0.3 is 4.90 Å². The lowest BCUT2D eigenvalue weighted by molar-refractivity contribution is 0.0610. The van der Waals surface area contributed by atoms with Crippen LogP contribution in [0.5, 0.6) is 0 Å². The highest BCUT2D eigenvalue weighted by molar-refractivity contribution is 5.45. The SMILES string of the molecule is Cc1nccnc1N1CC(C(F)F)C1. The van der Waals surface area contributed by atoms with E-state index in [2.05, 4.69) is 9.97 Å². The molecule has 1 saturated heterocycles. The molecule has 0 radical (unpaired) electrons. The van der Waals surface area contributed by atoms with Crippen LogP contribution in [0, 0.1) is 12.8 Å². The maximum atomic E-state index is 12.2. The smallest absolute Gasteiger partial charge is 0.244 e. The Kier molecular flexibility index (Phi) is 2.31. The van der Waals surface area contributed by atoms with E-state index < -0.39 is 12.3 Å². The van der Waals surface area contributed by atoms with E-state index in [0.717, 1.165) is 11.5 Å². The first kappa shape index (κ1) is 9.30. The predicted octanol–water partition coefficient (Wildman–Crippen LogP) is 1.49. The van der Waals surface area contributed by atoms with Gasteiger partial charge in [-0.1, -0.05) is 0 Å². The van der Waals surface area contributed by atoms with Crippen molar-refractivity contribution in [2.24, 2.45) is 5.92 Å². The second-order valence-corrected chi connectivity index (χ2v) is 3.46. The van der Waals surface area contributed by atoms with Crippen molar-refractivity contribution in [3.8, 4) is 0 Å². The third-order valence-corrected chi connectivity index (χ3v) is 2.42. The number of hydrogen-bond donors (Lipinski definition) is 0. The summed E-state index contributed by atoms with van der Waals surface area (Å²) >= 11 is 0. The summed E-state index contributed by atoms with van der Waals surface area (Å²) in [7, 11) is 0. The van der Waals surface area contributed by atoms with E-state index in [1.54, 1.807) is 12.4 Å². The third-order valence-electron chi connectivity index (χ3n) is 2.42. The zero-order valence-corrected chi connectivity index (χ0v) is 7.82. The van der Waals surface area contributed by atoms with Crippen molar-refractivity contribution >= 4 is 5.82 Å². The normalized spacial score (nSPS) is 17.3. The van der Waals surface area contributed by atoms with Gasteiger partial charge in [0.2, 0.25) is 6.43 Å². The van der Waals surface area contributed by atoms with E-state index in [4.69, 9.17) is 0 Å². The molecule has 0 unspecified atom stereocenters. The molecule has 14 heavy (non-hydrogen) atoms. The lowest BCUT2D eigenvalue weighted by Crippen LogP contribution is -2.50. The summed E-state index contributed by atoms with van der Waals surface area (Å²) in [6.45, 7) is 2.60. The molecule has 3 nitrogen and oxygen atoms in total. The molecule has 76 valence electrons. The van der Waals surface area contributed by atoms with E-state index in [1.807, 2.05) is 11.8 Å². The van der Waals surface area contributed by atoms with Gasteiger partial charge in [0.15, 0.2) is 0 Å². The Balaban J connectivity index is 2.03. The van der Waals surface area contributed by atoms with Crippen LogP contribution in [0.2, 0.25) is 0 Å². The highest BCUT2D eigenvalue weighted by Crippen LogP contribution is 2.27. The van der Waals surface area contributed by atoms with Crippen LogP contribution in [0.4, 0.5) is 14.6 Å². The van der Waals surface area contributed by atoms with Crippen molar-refractivity contribution in [1.82, 2.24) is 9.97 Å². The molecule has 0 N–H and O–H groups in total. The Hall–Kier alpha value is -1.26. The number of rotatable bonds is 2. The quantitative estimate of drug-likeness (QED) is 0.722. The predicted molar refractivity (Wildman–Crippen MR) is 48.5 cm³/mol. The highest BCUT2D eigenvalue weighted by atomic mass is 19.3. The zero-order valence-electron chi connectivity index (χ0n) is 7.82. The largest absolute Gasteiger partial charge is 0.354 e. The van der Waals surface area contributed by atoms with Gasteiger partial charge in [-0.2, -0.15) is 0 Å². The van der Waals surface area contributed by atoms with E-state index in [0.29, 0.717) is 13.1 Å². The molecule has 5 heteroatoms. The molecule has 1 aliphatic heterocycles. The molecule has 1 aliphatic rings. The van der Waals surface area contributed by atoms with Gasteiger partial charge in [-0.25, -0.2) is 13.8 Å². The first-order chi connectivity index (χ1) is 6.68. The Labute approximate surface area is 80.8 Å². The van der Waals surface area contributed by atoms with Crippen molar-refractivity contribution in [3.05, 3.63) is 18.1 Å². The van der Waals surface area contributed by atoms with Crippen molar-refractivity contribution < 1.29 is 8.78 Å². The van der Waals surface area contributed by atoms with Gasteiger partial charge in [-0.15, -0.1) is 0 Å². The van der Waals surface area contributed by atoms with E-state index >= 15 is 0 Å². The number of aromatic nitrogens is 2. The van der Waals surface area contributed by atoms with Crippen LogP contribution in [0.3, 0.4) is 0 Å². The molecule has 0 amide bonds. The second-order valence-electron chi connectivity index (χ2n) is 3.46. The molecule has 0 spiro atoms. The van der Waals surface area contributed by atoms with Gasteiger partial charge in [0.1, 0.15) is 5.82 Å². The van der Waals surface area contributed by atoms with E-state index in [9.17, 15) is 8.78 Å². The summed E-state index contributed by atoms with van der Waals surface area (Å²) in [5.74, 6) is 0.223. The summed E-state index contributed by atoms with van der Waals surface area (Å²) in [5, 5.41) is 0. The van der Waals surface area contributed by atoms with E-state index in [1.165, 1.54) is 0 Å². The average molecular weight is 199 g/mol. The number of nitrogens with zero attached hydrogens (tertiary/aromatic N) is 3. The number of anilines is 1. The zero-order chi connectivity index (χ0) is 10.1. The Bertz CT molecular complexity index is 324. The maximum Gasteiger partial charge on any atom is 0.244 e. The molecule has 0 saturated carbocycles. The van der Waals surface area contributed by atoms with Crippen LogP contribution in [0.15, 0.2) is 12.4 Å². The number of alkyl halides is 2. The number of aryl methyl sites for hydroxylation is 1. The summed E-state index contributed by atoms with van der Waals surface area (Å²) in [6.07, 6.45) is 0.963. The van der Waals surface area contributed by atoms with Crippen molar-refractivity contribution in [1.29, 1.82) is 0 Å². The van der Waals surface area contributed by atoms with Crippen LogP contribution in [-0.2, 0) is 0 Å². The average Bonchev–Trinajstić information content (AvgIpc) is 2.05. The Morgan fingerprint density at radius 3 is 2.57 bits per heavy atom. The molecule has 2 rings (SSSR count). The molecule has 0 aromatic carbocycles. The Morgan fingerprint density at radius 2 is 2.00 bits per heavy atom. The lowest BCUT2D eigenvalue weighted by atomic mass is 10.0. The molecular formula is C9H11F2N3. The molecule has 2 heterocycles. The maximum absolute atomic E-state index is 12.2. The first-order valence-electron chi connectivity index (χ1n) is 4.49. The van der Waals surface area contributed by atoms with Gasteiger partial charge in [0.05, 0.1) is 11.6 Å². The topological polar surface area (TPSA) is 29.0 Å². The van der Waals surface area contributed by atoms with Crippen LogP contribution in [0.1, 0.15) is 5.69 Å². The summed E-state index contributed by atoms with van der Waals surface area (Å²) < 4.78 is 24.4. The fourth-order valence-electron chi connectivity index (χ4n) is 1.56. The molecule has 0 bridgehead atoms. The van der Waals surface area contributed by atoms with Crippen LogP contribution in [-0.4, -0.2) is 29.5 Å². The number of halogens is 2. The van der Waals surface area contributed by atoms with Gasteiger partial charge in [0.25, 0.3) is 0 Å². The van der Waals surface area contributed by atoms with Crippen LogP contribution in [0.25, 0.3) is 0 Å². The molecule has 1 aromatic heterocycles. The highest BCUT2D eigenvalue weighted by Gasteiger charge is 2.35. The molecule has 1 fully saturated rings. The van der Waals surface area contributed by atoms with Crippen molar-refractivity contribution in [2.75, 3.05) is 18.0 Å². The molecule has 0 aliphatic carbocycles. The summed E-state index contributed by atoms with van der Waals surface area (Å²) in [5.41, 5.74) is 0.792. The van der Waals surface area contributed by atoms with Gasteiger partial charge in [-0.3, -0.25) is 4.98 Å². The monoisotopic (exact) mass is 199 g/mol. The number of hydrogen-bond acceptors (Lipinski definition) is 3. The lowest BCUT2D eigenvalue weighted by Gasteiger charge is -2.39. The minimum Gasteiger partial charge on any atom is -0.354 e. The van der Waals surface area contributed by atoms with Gasteiger partial charge >= 0.3 is 0 Å². The fourth-order valence-corrected chi connectivity index (χ4v) is 1.56. The van der Waals surface area contributed by atoms with E-state index in [-0.39, 0.29) is 0 Å².